The van der Waals surface area contributed by atoms with Gasteiger partial charge in [0.05, 0.1) is 0 Å². The predicted octanol–water partition coefficient (Wildman–Crippen LogP) is 1.49. The van der Waals surface area contributed by atoms with E-state index in [-0.39, 0.29) is 0 Å². The molecule has 2 unspecified atom stereocenters. The van der Waals surface area contributed by atoms with Crippen molar-refractivity contribution >= 4 is 0 Å². The van der Waals surface area contributed by atoms with Crippen LogP contribution in [0.2, 0.25) is 0 Å². The fourth-order valence-corrected chi connectivity index (χ4v) is 3.54. The van der Waals surface area contributed by atoms with Gasteiger partial charge in [0.1, 0.15) is 0 Å². The second-order valence-corrected chi connectivity index (χ2v) is 5.15. The summed E-state index contributed by atoms with van der Waals surface area (Å²) in [6, 6.07) is 3.18. The molecule has 2 nitrogen and oxygen atoms in total. The molecule has 2 heterocycles. The third kappa shape index (κ3) is 1.23. The van der Waals surface area contributed by atoms with Crippen LogP contribution >= 0.6 is 0 Å². The molecule has 0 aromatic heterocycles. The van der Waals surface area contributed by atoms with Crippen LogP contribution in [0.1, 0.15) is 44.9 Å². The van der Waals surface area contributed by atoms with Gasteiger partial charge in [-0.15, -0.1) is 0 Å². The normalized spacial score (nSPS) is 46.4. The lowest BCUT2D eigenvalue weighted by atomic mass is 9.86. The maximum absolute atomic E-state index is 6.05. The van der Waals surface area contributed by atoms with Crippen molar-refractivity contribution in [1.29, 1.82) is 0 Å². The van der Waals surface area contributed by atoms with Crippen LogP contribution in [-0.2, 0) is 0 Å². The Hall–Kier alpha value is -0.0800. The van der Waals surface area contributed by atoms with E-state index >= 15 is 0 Å². The Morgan fingerprint density at radius 1 is 0.846 bits per heavy atom. The van der Waals surface area contributed by atoms with Crippen LogP contribution in [0.25, 0.3) is 0 Å². The lowest BCUT2D eigenvalue weighted by Crippen LogP contribution is -2.53. The summed E-state index contributed by atoms with van der Waals surface area (Å²) in [6.07, 6.45) is 9.78. The van der Waals surface area contributed by atoms with Gasteiger partial charge >= 0.3 is 0 Å². The van der Waals surface area contributed by atoms with E-state index < -0.39 is 0 Å². The Morgan fingerprint density at radius 3 is 1.92 bits per heavy atom. The molecule has 1 saturated carbocycles. The van der Waals surface area contributed by atoms with Crippen LogP contribution in [-0.4, -0.2) is 29.1 Å². The number of hydrogen-bond donors (Lipinski definition) is 1. The molecular weight excluding hydrogens is 160 g/mol. The first-order valence-electron chi connectivity index (χ1n) is 5.87. The van der Waals surface area contributed by atoms with E-state index in [9.17, 15) is 0 Å². The molecule has 0 amide bonds. The SMILES string of the molecule is NC1CC2CCC(C1)N2C1CCC1. The lowest BCUT2D eigenvalue weighted by molar-refractivity contribution is 0.0382. The van der Waals surface area contributed by atoms with E-state index in [2.05, 4.69) is 4.90 Å². The Kier molecular flexibility index (Phi) is 1.88. The van der Waals surface area contributed by atoms with Crippen molar-refractivity contribution in [1.82, 2.24) is 4.90 Å². The van der Waals surface area contributed by atoms with Gasteiger partial charge in [0.2, 0.25) is 0 Å². The monoisotopic (exact) mass is 180 g/mol. The Labute approximate surface area is 80.5 Å². The fourth-order valence-electron chi connectivity index (χ4n) is 3.54. The zero-order chi connectivity index (χ0) is 8.84. The summed E-state index contributed by atoms with van der Waals surface area (Å²) >= 11 is 0. The molecule has 3 aliphatic rings. The van der Waals surface area contributed by atoms with Crippen LogP contribution in [0.15, 0.2) is 0 Å². The first kappa shape index (κ1) is 8.25. The summed E-state index contributed by atoms with van der Waals surface area (Å²) in [7, 11) is 0. The van der Waals surface area contributed by atoms with Crippen molar-refractivity contribution in [3.63, 3.8) is 0 Å². The van der Waals surface area contributed by atoms with Crippen LogP contribution in [0.3, 0.4) is 0 Å². The standard InChI is InChI=1S/C11H20N2/c12-8-6-10-4-5-11(7-8)13(10)9-2-1-3-9/h8-11H,1-7,12H2. The summed E-state index contributed by atoms with van der Waals surface area (Å²) in [6.45, 7) is 0. The van der Waals surface area contributed by atoms with E-state index in [1.54, 1.807) is 0 Å². The zero-order valence-electron chi connectivity index (χ0n) is 8.28. The van der Waals surface area contributed by atoms with E-state index in [0.29, 0.717) is 6.04 Å². The largest absolute Gasteiger partial charge is 0.328 e. The molecule has 0 spiro atoms. The summed E-state index contributed by atoms with van der Waals surface area (Å²) in [5.41, 5.74) is 6.05. The Balaban J connectivity index is 1.74. The molecule has 1 aliphatic carbocycles. The fraction of sp³-hybridized carbons (Fsp3) is 1.00. The van der Waals surface area contributed by atoms with Crippen LogP contribution in [0.5, 0.6) is 0 Å². The van der Waals surface area contributed by atoms with Crippen LogP contribution < -0.4 is 5.73 Å². The van der Waals surface area contributed by atoms with Crippen LogP contribution in [0, 0.1) is 0 Å². The topological polar surface area (TPSA) is 29.3 Å². The molecule has 13 heavy (non-hydrogen) atoms. The van der Waals surface area contributed by atoms with Crippen molar-refractivity contribution in [3.8, 4) is 0 Å². The minimum absolute atomic E-state index is 0.508. The third-order valence-corrected chi connectivity index (χ3v) is 4.32. The van der Waals surface area contributed by atoms with E-state index in [1.165, 1.54) is 44.9 Å². The summed E-state index contributed by atoms with van der Waals surface area (Å²) < 4.78 is 0. The van der Waals surface area contributed by atoms with Crippen molar-refractivity contribution in [2.45, 2.75) is 69.1 Å². The van der Waals surface area contributed by atoms with Gasteiger partial charge in [0.15, 0.2) is 0 Å². The van der Waals surface area contributed by atoms with Crippen LogP contribution in [0.4, 0.5) is 0 Å². The minimum Gasteiger partial charge on any atom is -0.328 e. The number of hydrogen-bond acceptors (Lipinski definition) is 2. The zero-order valence-corrected chi connectivity index (χ0v) is 8.28. The number of nitrogens with two attached hydrogens (primary N) is 1. The van der Waals surface area contributed by atoms with Gasteiger partial charge in [-0.05, 0) is 38.5 Å². The first-order chi connectivity index (χ1) is 6.34. The molecule has 0 aromatic carbocycles. The molecule has 0 aromatic rings. The maximum atomic E-state index is 6.05. The van der Waals surface area contributed by atoms with E-state index in [4.69, 9.17) is 5.73 Å². The molecule has 2 aliphatic heterocycles. The molecule has 3 rings (SSSR count). The van der Waals surface area contributed by atoms with Gasteiger partial charge < -0.3 is 5.73 Å². The number of rotatable bonds is 1. The average Bonchev–Trinajstić information content (AvgIpc) is 2.30. The highest BCUT2D eigenvalue weighted by Gasteiger charge is 2.44. The molecule has 2 bridgehead atoms. The molecule has 74 valence electrons. The highest BCUT2D eigenvalue weighted by molar-refractivity contribution is 5.00. The predicted molar refractivity (Wildman–Crippen MR) is 53.5 cm³/mol. The average molecular weight is 180 g/mol. The molecule has 3 fully saturated rings. The Bertz CT molecular complexity index is 186. The molecule has 2 saturated heterocycles. The first-order valence-corrected chi connectivity index (χ1v) is 5.87. The van der Waals surface area contributed by atoms with E-state index in [1.807, 2.05) is 0 Å². The third-order valence-electron chi connectivity index (χ3n) is 4.32. The van der Waals surface area contributed by atoms with E-state index in [0.717, 1.165) is 18.1 Å². The molecule has 0 radical (unpaired) electrons. The molecule has 2 heteroatoms. The van der Waals surface area contributed by atoms with Gasteiger partial charge in [0.25, 0.3) is 0 Å². The number of piperidine rings is 1. The molecule has 2 atom stereocenters. The number of nitrogens with zero attached hydrogens (tertiary/aromatic N) is 1. The van der Waals surface area contributed by atoms with Crippen molar-refractivity contribution in [3.05, 3.63) is 0 Å². The van der Waals surface area contributed by atoms with Gasteiger partial charge in [-0.3, -0.25) is 4.90 Å². The lowest BCUT2D eigenvalue weighted by Gasteiger charge is -2.46. The van der Waals surface area contributed by atoms with Gasteiger partial charge in [-0.25, -0.2) is 0 Å². The second kappa shape index (κ2) is 2.96. The Morgan fingerprint density at radius 2 is 1.46 bits per heavy atom. The van der Waals surface area contributed by atoms with Crippen molar-refractivity contribution in [2.24, 2.45) is 5.73 Å². The summed E-state index contributed by atoms with van der Waals surface area (Å²) in [5.74, 6) is 0. The number of fused-ring (bicyclic) bond motifs is 2. The summed E-state index contributed by atoms with van der Waals surface area (Å²) in [4.78, 5) is 2.83. The van der Waals surface area contributed by atoms with Crippen molar-refractivity contribution < 1.29 is 0 Å². The highest BCUT2D eigenvalue weighted by Crippen LogP contribution is 2.41. The molecular formula is C11H20N2. The molecule has 2 N–H and O–H groups in total. The van der Waals surface area contributed by atoms with Gasteiger partial charge in [-0.1, -0.05) is 6.42 Å². The quantitative estimate of drug-likeness (QED) is 0.662. The smallest absolute Gasteiger partial charge is 0.0116 e. The van der Waals surface area contributed by atoms with Gasteiger partial charge in [0, 0.05) is 24.2 Å². The summed E-state index contributed by atoms with van der Waals surface area (Å²) in [5, 5.41) is 0. The van der Waals surface area contributed by atoms with Gasteiger partial charge in [-0.2, -0.15) is 0 Å². The minimum atomic E-state index is 0.508. The maximum Gasteiger partial charge on any atom is 0.0116 e. The van der Waals surface area contributed by atoms with Crippen molar-refractivity contribution in [2.75, 3.05) is 0 Å². The second-order valence-electron chi connectivity index (χ2n) is 5.15. The highest BCUT2D eigenvalue weighted by atomic mass is 15.3.